The monoisotopic (exact) mass is 414 g/mol. The zero-order valence-corrected chi connectivity index (χ0v) is 20.5. The topological polar surface area (TPSA) is 17.8 Å². The van der Waals surface area contributed by atoms with E-state index in [1.54, 1.807) is 0 Å². The van der Waals surface area contributed by atoms with Gasteiger partial charge in [-0.05, 0) is 37.1 Å². The first-order valence-corrected chi connectivity index (χ1v) is 11.5. The van der Waals surface area contributed by atoms with Gasteiger partial charge in [0, 0.05) is 17.4 Å². The second kappa shape index (κ2) is 14.0. The van der Waals surface area contributed by atoms with Crippen LogP contribution >= 0.6 is 0 Å². The lowest BCUT2D eigenvalue weighted by Gasteiger charge is -2.09. The molecule has 0 fully saturated rings. The molecule has 0 saturated carbocycles. The molecule has 0 amide bonds. The fourth-order valence-corrected chi connectivity index (χ4v) is 3.12. The van der Waals surface area contributed by atoms with E-state index in [4.69, 9.17) is 4.98 Å². The molecule has 4 rings (SSSR count). The van der Waals surface area contributed by atoms with Crippen molar-refractivity contribution in [2.45, 2.75) is 55.4 Å². The normalized spacial score (nSPS) is 9.29. The zero-order chi connectivity index (χ0) is 23.2. The number of benzene rings is 3. The Morgan fingerprint density at radius 1 is 0.581 bits per heavy atom. The van der Waals surface area contributed by atoms with Crippen molar-refractivity contribution in [2.75, 3.05) is 0 Å². The Labute approximate surface area is 189 Å². The van der Waals surface area contributed by atoms with Crippen molar-refractivity contribution in [2.24, 2.45) is 0 Å². The van der Waals surface area contributed by atoms with Gasteiger partial charge in [-0.2, -0.15) is 0 Å². The molecule has 0 aliphatic rings. The molecule has 0 aliphatic carbocycles. The summed E-state index contributed by atoms with van der Waals surface area (Å²) in [5.74, 6) is 0.974. The third-order valence-electron chi connectivity index (χ3n) is 4.36. The lowest BCUT2D eigenvalue weighted by atomic mass is 10.0. The fraction of sp³-hybridized carbons (Fsp3) is 0.276. The van der Waals surface area contributed by atoms with Gasteiger partial charge in [0.05, 0.1) is 5.69 Å². The van der Waals surface area contributed by atoms with Gasteiger partial charge in [-0.3, -0.25) is 4.57 Å². The molecule has 2 heteroatoms. The summed E-state index contributed by atoms with van der Waals surface area (Å²) in [5, 5.41) is 0. The van der Waals surface area contributed by atoms with E-state index in [2.05, 4.69) is 78.4 Å². The van der Waals surface area contributed by atoms with Gasteiger partial charge in [-0.25, -0.2) is 4.98 Å². The van der Waals surface area contributed by atoms with Gasteiger partial charge in [0.1, 0.15) is 5.82 Å². The summed E-state index contributed by atoms with van der Waals surface area (Å²) in [7, 11) is 0. The molecule has 0 aliphatic heterocycles. The molecule has 0 atom stereocenters. The van der Waals surface area contributed by atoms with Crippen LogP contribution in [0.2, 0.25) is 0 Å². The highest BCUT2D eigenvalue weighted by atomic mass is 15.1. The number of imidazole rings is 1. The molecule has 1 aromatic heterocycles. The standard InChI is InChI=1S/C23H20N2.3C2H6/c1-17-7-6-10-21(15-17)19-11-13-22(14-12-19)25-16-18(2)24-23(25)20-8-4-3-5-9-20;3*1-2/h3-16H,1-2H3;3*1-2H3. The lowest BCUT2D eigenvalue weighted by molar-refractivity contribution is 1.07. The minimum absolute atomic E-state index is 0.974. The molecule has 0 saturated heterocycles. The first-order valence-electron chi connectivity index (χ1n) is 11.5. The van der Waals surface area contributed by atoms with Crippen LogP contribution in [0, 0.1) is 13.8 Å². The molecule has 0 radical (unpaired) electrons. The Bertz CT molecular complexity index is 997. The summed E-state index contributed by atoms with van der Waals surface area (Å²) >= 11 is 0. The molecule has 3 aromatic carbocycles. The van der Waals surface area contributed by atoms with E-state index in [9.17, 15) is 0 Å². The van der Waals surface area contributed by atoms with E-state index < -0.39 is 0 Å². The van der Waals surface area contributed by atoms with E-state index in [-0.39, 0.29) is 0 Å². The predicted molar refractivity (Wildman–Crippen MR) is 138 cm³/mol. The maximum Gasteiger partial charge on any atom is 0.144 e. The van der Waals surface area contributed by atoms with Crippen LogP contribution in [0.15, 0.2) is 85.1 Å². The molecular formula is C29H38N2. The van der Waals surface area contributed by atoms with Gasteiger partial charge in [0.25, 0.3) is 0 Å². The van der Waals surface area contributed by atoms with Gasteiger partial charge in [-0.1, -0.05) is 114 Å². The summed E-state index contributed by atoms with van der Waals surface area (Å²) in [6, 6.07) is 27.6. The van der Waals surface area contributed by atoms with Crippen molar-refractivity contribution in [3.63, 3.8) is 0 Å². The van der Waals surface area contributed by atoms with E-state index >= 15 is 0 Å². The molecule has 31 heavy (non-hydrogen) atoms. The van der Waals surface area contributed by atoms with E-state index in [0.29, 0.717) is 0 Å². The van der Waals surface area contributed by atoms with Crippen LogP contribution in [0.25, 0.3) is 28.2 Å². The zero-order valence-electron chi connectivity index (χ0n) is 20.5. The van der Waals surface area contributed by atoms with Crippen LogP contribution in [0.1, 0.15) is 52.8 Å². The van der Waals surface area contributed by atoms with Crippen molar-refractivity contribution in [3.8, 4) is 28.2 Å². The Kier molecular flexibility index (Phi) is 11.7. The van der Waals surface area contributed by atoms with Crippen molar-refractivity contribution in [3.05, 3.63) is 96.3 Å². The van der Waals surface area contributed by atoms with Gasteiger partial charge >= 0.3 is 0 Å². The van der Waals surface area contributed by atoms with Gasteiger partial charge in [-0.15, -0.1) is 0 Å². The second-order valence-corrected chi connectivity index (χ2v) is 6.36. The highest BCUT2D eigenvalue weighted by molar-refractivity contribution is 5.66. The average molecular weight is 415 g/mol. The minimum atomic E-state index is 0.974. The van der Waals surface area contributed by atoms with Crippen LogP contribution in [-0.4, -0.2) is 9.55 Å². The molecule has 4 aromatic rings. The second-order valence-electron chi connectivity index (χ2n) is 6.36. The Morgan fingerprint density at radius 3 is 1.74 bits per heavy atom. The first-order chi connectivity index (χ1) is 15.2. The summed E-state index contributed by atoms with van der Waals surface area (Å²) in [4.78, 5) is 4.71. The molecular weight excluding hydrogens is 376 g/mol. The van der Waals surface area contributed by atoms with Gasteiger partial charge in [0.15, 0.2) is 0 Å². The average Bonchev–Trinajstić information content (AvgIpc) is 3.25. The summed E-state index contributed by atoms with van der Waals surface area (Å²) in [6.45, 7) is 16.2. The third-order valence-corrected chi connectivity index (χ3v) is 4.36. The van der Waals surface area contributed by atoms with Crippen LogP contribution in [0.4, 0.5) is 0 Å². The van der Waals surface area contributed by atoms with Crippen molar-refractivity contribution >= 4 is 0 Å². The molecule has 2 nitrogen and oxygen atoms in total. The van der Waals surface area contributed by atoms with E-state index in [0.717, 1.165) is 22.8 Å². The number of aromatic nitrogens is 2. The number of rotatable bonds is 3. The maximum atomic E-state index is 4.71. The summed E-state index contributed by atoms with van der Waals surface area (Å²) < 4.78 is 2.16. The molecule has 0 bridgehead atoms. The van der Waals surface area contributed by atoms with Crippen LogP contribution in [-0.2, 0) is 0 Å². The number of hydrogen-bond donors (Lipinski definition) is 0. The van der Waals surface area contributed by atoms with Crippen molar-refractivity contribution in [1.29, 1.82) is 0 Å². The van der Waals surface area contributed by atoms with Crippen LogP contribution in [0.5, 0.6) is 0 Å². The maximum absolute atomic E-state index is 4.71. The molecule has 0 spiro atoms. The van der Waals surface area contributed by atoms with Crippen LogP contribution in [0.3, 0.4) is 0 Å². The molecule has 1 heterocycles. The number of hydrogen-bond acceptors (Lipinski definition) is 1. The summed E-state index contributed by atoms with van der Waals surface area (Å²) in [6.07, 6.45) is 2.09. The largest absolute Gasteiger partial charge is 0.300 e. The van der Waals surface area contributed by atoms with Gasteiger partial charge < -0.3 is 0 Å². The Morgan fingerprint density at radius 2 is 1.16 bits per heavy atom. The number of nitrogens with zero attached hydrogens (tertiary/aromatic N) is 2. The first kappa shape index (κ1) is 25.9. The van der Waals surface area contributed by atoms with Crippen LogP contribution < -0.4 is 0 Å². The highest BCUT2D eigenvalue weighted by Gasteiger charge is 2.10. The molecule has 0 N–H and O–H groups in total. The Hall–Kier alpha value is -3.13. The fourth-order valence-electron chi connectivity index (χ4n) is 3.12. The third kappa shape index (κ3) is 6.96. The predicted octanol–water partition coefficient (Wildman–Crippen LogP) is 8.90. The highest BCUT2D eigenvalue weighted by Crippen LogP contribution is 2.26. The smallest absolute Gasteiger partial charge is 0.144 e. The molecule has 164 valence electrons. The van der Waals surface area contributed by atoms with Crippen molar-refractivity contribution < 1.29 is 0 Å². The SMILES string of the molecule is CC.CC.CC.Cc1cccc(-c2ccc(-n3cc(C)nc3-c3ccccc3)cc2)c1. The van der Waals surface area contributed by atoms with E-state index in [1.165, 1.54) is 16.7 Å². The number of aryl methyl sites for hydroxylation is 2. The van der Waals surface area contributed by atoms with Crippen molar-refractivity contribution in [1.82, 2.24) is 9.55 Å². The quantitative estimate of drug-likeness (QED) is 0.327. The Balaban J connectivity index is 0.000000739. The lowest BCUT2D eigenvalue weighted by Crippen LogP contribution is -1.96. The van der Waals surface area contributed by atoms with E-state index in [1.807, 2.05) is 66.7 Å². The minimum Gasteiger partial charge on any atom is -0.300 e. The molecule has 0 unspecified atom stereocenters. The summed E-state index contributed by atoms with van der Waals surface area (Å²) in [5.41, 5.74) is 7.01. The van der Waals surface area contributed by atoms with Gasteiger partial charge in [0.2, 0.25) is 0 Å².